The van der Waals surface area contributed by atoms with E-state index in [0.717, 1.165) is 0 Å². The molecule has 0 aromatic carbocycles. The molecule has 18 heteroatoms. The molecule has 29 heavy (non-hydrogen) atoms. The SMILES string of the molecule is C=CCC1(F)C(F)(F)C(F)(F)C1(F)OC(F)(C(F)(F)F)C(F)(F)F.O=C(F)OF. The molecule has 1 saturated carbocycles. The minimum Gasteiger partial charge on any atom is -0.286 e. The van der Waals surface area contributed by atoms with Crippen LogP contribution in [0.5, 0.6) is 0 Å². The highest BCUT2D eigenvalue weighted by atomic mass is 19.4. The molecule has 0 amide bonds. The van der Waals surface area contributed by atoms with Gasteiger partial charge in [-0.05, 0) is 0 Å². The topological polar surface area (TPSA) is 35.5 Å². The first-order valence-corrected chi connectivity index (χ1v) is 6.29. The highest BCUT2D eigenvalue weighted by Crippen LogP contribution is 2.71. The summed E-state index contributed by atoms with van der Waals surface area (Å²) in [5.74, 6) is -26.1. The maximum atomic E-state index is 13.9. The van der Waals surface area contributed by atoms with Crippen molar-refractivity contribution in [3.8, 4) is 0 Å². The van der Waals surface area contributed by atoms with Gasteiger partial charge in [-0.1, -0.05) is 6.08 Å². The Morgan fingerprint density at radius 3 is 1.45 bits per heavy atom. The van der Waals surface area contributed by atoms with Gasteiger partial charge in [0.15, 0.2) is 0 Å². The number of carbonyl (C=O) groups excluding carboxylic acids is 1. The number of halogens is 15. The van der Waals surface area contributed by atoms with E-state index in [1.165, 1.54) is 0 Å². The van der Waals surface area contributed by atoms with Gasteiger partial charge in [-0.15, -0.1) is 11.0 Å². The lowest BCUT2D eigenvalue weighted by atomic mass is 9.66. The van der Waals surface area contributed by atoms with Crippen molar-refractivity contribution in [2.75, 3.05) is 0 Å². The molecule has 0 aliphatic heterocycles. The molecule has 0 spiro atoms. The molecular weight excluding hydrogens is 465 g/mol. The molecule has 2 atom stereocenters. The Balaban J connectivity index is 0.00000139. The molecule has 3 nitrogen and oxygen atoms in total. The van der Waals surface area contributed by atoms with Crippen molar-refractivity contribution in [1.82, 2.24) is 0 Å². The monoisotopic (exact) mass is 470 g/mol. The predicted molar refractivity (Wildman–Crippen MR) is 58.1 cm³/mol. The fourth-order valence-electron chi connectivity index (χ4n) is 1.91. The summed E-state index contributed by atoms with van der Waals surface area (Å²) in [6, 6.07) is 0. The third kappa shape index (κ3) is 3.70. The summed E-state index contributed by atoms with van der Waals surface area (Å²) in [5, 5.41) is 0. The second kappa shape index (κ2) is 7.42. The third-order valence-corrected chi connectivity index (χ3v) is 3.30. The van der Waals surface area contributed by atoms with E-state index in [1.54, 1.807) is 0 Å². The molecule has 0 heterocycles. The summed E-state index contributed by atoms with van der Waals surface area (Å²) >= 11 is 0. The summed E-state index contributed by atoms with van der Waals surface area (Å²) in [4.78, 5) is 10.5. The molecule has 172 valence electrons. The first-order chi connectivity index (χ1) is 12.5. The Bertz CT molecular complexity index is 612. The molecule has 0 aromatic rings. The van der Waals surface area contributed by atoms with Crippen molar-refractivity contribution in [2.24, 2.45) is 0 Å². The highest BCUT2D eigenvalue weighted by molar-refractivity contribution is 5.56. The Morgan fingerprint density at radius 2 is 1.21 bits per heavy atom. The average Bonchev–Trinajstić information content (AvgIpc) is 2.52. The van der Waals surface area contributed by atoms with E-state index in [1.807, 2.05) is 4.94 Å². The second-order valence-corrected chi connectivity index (χ2v) is 5.05. The zero-order chi connectivity index (χ0) is 23.9. The van der Waals surface area contributed by atoms with Crippen LogP contribution in [0.25, 0.3) is 0 Å². The number of allylic oxidation sites excluding steroid dienone is 1. The van der Waals surface area contributed by atoms with E-state index in [9.17, 15) is 66.0 Å². The third-order valence-electron chi connectivity index (χ3n) is 3.30. The van der Waals surface area contributed by atoms with Crippen LogP contribution in [-0.2, 0) is 9.68 Å². The zero-order valence-electron chi connectivity index (χ0n) is 12.9. The van der Waals surface area contributed by atoms with Gasteiger partial charge >= 0.3 is 42.1 Å². The molecule has 0 N–H and O–H groups in total. The van der Waals surface area contributed by atoms with Gasteiger partial charge < -0.3 is 0 Å². The van der Waals surface area contributed by atoms with Crippen molar-refractivity contribution in [3.05, 3.63) is 12.7 Å². The van der Waals surface area contributed by atoms with Crippen LogP contribution in [0.15, 0.2) is 12.7 Å². The second-order valence-electron chi connectivity index (χ2n) is 5.05. The summed E-state index contributed by atoms with van der Waals surface area (Å²) in [6.45, 7) is 2.52. The van der Waals surface area contributed by atoms with Crippen LogP contribution < -0.4 is 0 Å². The molecule has 0 bridgehead atoms. The van der Waals surface area contributed by atoms with E-state index in [0.29, 0.717) is 0 Å². The minimum atomic E-state index is -7.24. The van der Waals surface area contributed by atoms with E-state index < -0.39 is 54.2 Å². The first-order valence-electron chi connectivity index (χ1n) is 6.29. The largest absolute Gasteiger partial charge is 0.531 e. The summed E-state index contributed by atoms with van der Waals surface area (Å²) in [5.41, 5.74) is -5.43. The van der Waals surface area contributed by atoms with E-state index in [4.69, 9.17) is 4.79 Å². The molecule has 0 saturated heterocycles. The van der Waals surface area contributed by atoms with Gasteiger partial charge in [-0.2, -0.15) is 48.3 Å². The van der Waals surface area contributed by atoms with Crippen molar-refractivity contribution in [2.45, 2.75) is 48.0 Å². The van der Waals surface area contributed by atoms with Crippen LogP contribution in [0.4, 0.5) is 70.8 Å². The van der Waals surface area contributed by atoms with Crippen LogP contribution in [0.1, 0.15) is 6.42 Å². The van der Waals surface area contributed by atoms with Crippen molar-refractivity contribution < 1.29 is 80.5 Å². The summed E-state index contributed by atoms with van der Waals surface area (Å²) < 4.78 is 189. The molecule has 1 rings (SSSR count). The van der Waals surface area contributed by atoms with E-state index in [-0.39, 0.29) is 6.08 Å². The maximum absolute atomic E-state index is 13.9. The fourth-order valence-corrected chi connectivity index (χ4v) is 1.91. The normalized spacial score (nSPS) is 28.5. The fraction of sp³-hybridized carbons (Fsp3) is 0.727. The molecule has 1 aliphatic rings. The molecule has 1 aliphatic carbocycles. The van der Waals surface area contributed by atoms with Gasteiger partial charge in [0.2, 0.25) is 5.67 Å². The molecule has 0 radical (unpaired) electrons. The maximum Gasteiger partial charge on any atom is 0.531 e. The number of rotatable bonds is 4. The van der Waals surface area contributed by atoms with Crippen molar-refractivity contribution in [1.29, 1.82) is 0 Å². The number of hydrogen-bond donors (Lipinski definition) is 0. The zero-order valence-corrected chi connectivity index (χ0v) is 12.9. The van der Waals surface area contributed by atoms with Crippen LogP contribution >= 0.6 is 0 Å². The molecule has 2 unspecified atom stereocenters. The van der Waals surface area contributed by atoms with Crippen molar-refractivity contribution >= 4 is 6.22 Å². The standard InChI is InChI=1S/C10H5F13O.CF2O2/c1-2-3-4(11)5(12,13)6(14,15)7(4,16)24-8(17,9(18,19)20)10(21,22)23;2-1(4)5-3/h2H,1,3H2;. The predicted octanol–water partition coefficient (Wildman–Crippen LogP) is 6.00. The average molecular weight is 470 g/mol. The van der Waals surface area contributed by atoms with Crippen molar-refractivity contribution in [3.63, 3.8) is 0 Å². The number of ether oxygens (including phenoxy) is 1. The Labute approximate surface area is 148 Å². The van der Waals surface area contributed by atoms with Crippen LogP contribution in [0, 0.1) is 0 Å². The lowest BCUT2D eigenvalue weighted by molar-refractivity contribution is -0.560. The summed E-state index contributed by atoms with van der Waals surface area (Å²) in [7, 11) is 0. The van der Waals surface area contributed by atoms with Crippen LogP contribution in [0.3, 0.4) is 0 Å². The first kappa shape index (κ1) is 27.1. The highest BCUT2D eigenvalue weighted by Gasteiger charge is 3.01. The van der Waals surface area contributed by atoms with Gasteiger partial charge in [0.1, 0.15) is 0 Å². The van der Waals surface area contributed by atoms with Gasteiger partial charge in [0.05, 0.1) is 0 Å². The Hall–Kier alpha value is -1.88. The minimum absolute atomic E-state index is 0.0398. The van der Waals surface area contributed by atoms with Crippen LogP contribution in [-0.4, -0.2) is 47.8 Å². The Kier molecular flexibility index (Phi) is 6.94. The smallest absolute Gasteiger partial charge is 0.286 e. The number of hydrogen-bond acceptors (Lipinski definition) is 3. The van der Waals surface area contributed by atoms with Gasteiger partial charge in [0, 0.05) is 10.9 Å². The molecule has 1 fully saturated rings. The molecular formula is C11H5F15O3. The Morgan fingerprint density at radius 1 is 0.862 bits per heavy atom. The van der Waals surface area contributed by atoms with Gasteiger partial charge in [-0.3, -0.25) is 4.74 Å². The number of carbonyl (C=O) groups is 1. The lowest BCUT2D eigenvalue weighted by Gasteiger charge is -2.58. The van der Waals surface area contributed by atoms with Crippen LogP contribution in [0.2, 0.25) is 0 Å². The van der Waals surface area contributed by atoms with E-state index >= 15 is 0 Å². The quantitative estimate of drug-likeness (QED) is 0.287. The number of alkyl halides is 13. The summed E-state index contributed by atoms with van der Waals surface area (Å²) in [6.07, 6.45) is -19.1. The van der Waals surface area contributed by atoms with Gasteiger partial charge in [-0.25, -0.2) is 18.5 Å². The molecule has 0 aromatic heterocycles. The van der Waals surface area contributed by atoms with E-state index in [2.05, 4.69) is 11.3 Å². The lowest BCUT2D eigenvalue weighted by Crippen LogP contribution is -2.88. The van der Waals surface area contributed by atoms with Gasteiger partial charge in [0.25, 0.3) is 0 Å².